The van der Waals surface area contributed by atoms with Crippen LogP contribution in [0.1, 0.15) is 24.8 Å². The quantitative estimate of drug-likeness (QED) is 0.735. The van der Waals surface area contributed by atoms with Gasteiger partial charge in [0.2, 0.25) is 0 Å². The highest BCUT2D eigenvalue weighted by atomic mass is 79.9. The molecule has 0 aliphatic carbocycles. The Hall–Kier alpha value is -0.250. The van der Waals surface area contributed by atoms with Gasteiger partial charge < -0.3 is 9.80 Å². The highest BCUT2D eigenvalue weighted by Crippen LogP contribution is 2.34. The fourth-order valence-electron chi connectivity index (χ4n) is 3.82. The van der Waals surface area contributed by atoms with Crippen molar-refractivity contribution in [3.05, 3.63) is 28.2 Å². The zero-order valence-corrected chi connectivity index (χ0v) is 14.3. The highest BCUT2D eigenvalue weighted by molar-refractivity contribution is 9.10. The van der Waals surface area contributed by atoms with Crippen LogP contribution in [0, 0.1) is 5.92 Å². The first-order chi connectivity index (χ1) is 9.69. The fraction of sp³-hybridized carbons (Fsp3) is 0.625. The molecule has 2 unspecified atom stereocenters. The van der Waals surface area contributed by atoms with Crippen molar-refractivity contribution in [3.8, 4) is 0 Å². The van der Waals surface area contributed by atoms with Gasteiger partial charge in [0.15, 0.2) is 0 Å². The Morgan fingerprint density at radius 3 is 2.95 bits per heavy atom. The molecule has 110 valence electrons. The second-order valence-corrected chi connectivity index (χ2v) is 7.27. The van der Waals surface area contributed by atoms with Gasteiger partial charge in [0.05, 0.1) is 0 Å². The van der Waals surface area contributed by atoms with Gasteiger partial charge >= 0.3 is 0 Å². The van der Waals surface area contributed by atoms with Crippen molar-refractivity contribution in [1.82, 2.24) is 4.90 Å². The van der Waals surface area contributed by atoms with E-state index in [1.54, 1.807) is 0 Å². The number of benzene rings is 1. The number of alkyl halides is 1. The summed E-state index contributed by atoms with van der Waals surface area (Å²) in [6.07, 6.45) is 3.98. The third-order valence-electron chi connectivity index (χ3n) is 4.88. The number of halogens is 2. The third-order valence-corrected chi connectivity index (χ3v) is 5.66. The van der Waals surface area contributed by atoms with Gasteiger partial charge in [0, 0.05) is 35.2 Å². The Bertz CT molecular complexity index is 480. The van der Waals surface area contributed by atoms with Gasteiger partial charge in [0.25, 0.3) is 0 Å². The fourth-order valence-corrected chi connectivity index (χ4v) is 4.39. The van der Waals surface area contributed by atoms with E-state index >= 15 is 0 Å². The topological polar surface area (TPSA) is 6.48 Å². The molecule has 0 aromatic heterocycles. The first-order valence-corrected chi connectivity index (χ1v) is 8.81. The summed E-state index contributed by atoms with van der Waals surface area (Å²) in [4.78, 5) is 5.11. The van der Waals surface area contributed by atoms with Crippen LogP contribution in [0.2, 0.25) is 0 Å². The Balaban J connectivity index is 1.81. The van der Waals surface area contributed by atoms with Crippen LogP contribution < -0.4 is 4.90 Å². The van der Waals surface area contributed by atoms with Crippen molar-refractivity contribution in [1.29, 1.82) is 0 Å². The Kier molecular flexibility index (Phi) is 4.58. The molecule has 2 heterocycles. The van der Waals surface area contributed by atoms with E-state index in [-0.39, 0.29) is 0 Å². The highest BCUT2D eigenvalue weighted by Gasteiger charge is 2.34. The molecular formula is C16H22BrClN2. The number of hydrogen-bond acceptors (Lipinski definition) is 2. The lowest BCUT2D eigenvalue weighted by Crippen LogP contribution is -2.52. The SMILES string of the molecule is CN1CCCC2CN(c3cc(Br)ccc3CCl)CCC21. The summed E-state index contributed by atoms with van der Waals surface area (Å²) in [5, 5.41) is 0. The lowest BCUT2D eigenvalue weighted by molar-refractivity contribution is 0.102. The minimum atomic E-state index is 0.590. The molecule has 2 saturated heterocycles. The average molecular weight is 358 g/mol. The molecule has 20 heavy (non-hydrogen) atoms. The monoisotopic (exact) mass is 356 g/mol. The first-order valence-electron chi connectivity index (χ1n) is 7.48. The lowest BCUT2D eigenvalue weighted by atomic mass is 9.84. The molecule has 0 spiro atoms. The van der Waals surface area contributed by atoms with E-state index in [0.717, 1.165) is 23.0 Å². The van der Waals surface area contributed by atoms with Gasteiger partial charge in [0.1, 0.15) is 0 Å². The van der Waals surface area contributed by atoms with Crippen LogP contribution in [0.25, 0.3) is 0 Å². The number of fused-ring (bicyclic) bond motifs is 1. The molecule has 1 aromatic rings. The molecule has 0 N–H and O–H groups in total. The van der Waals surface area contributed by atoms with Crippen molar-refractivity contribution < 1.29 is 0 Å². The maximum Gasteiger partial charge on any atom is 0.0494 e. The van der Waals surface area contributed by atoms with Gasteiger partial charge in [-0.2, -0.15) is 0 Å². The van der Waals surface area contributed by atoms with Crippen molar-refractivity contribution >= 4 is 33.2 Å². The van der Waals surface area contributed by atoms with E-state index in [0.29, 0.717) is 5.88 Å². The van der Waals surface area contributed by atoms with Crippen LogP contribution >= 0.6 is 27.5 Å². The van der Waals surface area contributed by atoms with Crippen LogP contribution in [0.15, 0.2) is 22.7 Å². The van der Waals surface area contributed by atoms with Crippen LogP contribution in [-0.2, 0) is 5.88 Å². The summed E-state index contributed by atoms with van der Waals surface area (Å²) in [6, 6.07) is 7.24. The van der Waals surface area contributed by atoms with Crippen molar-refractivity contribution in [2.75, 3.05) is 31.6 Å². The van der Waals surface area contributed by atoms with Crippen LogP contribution in [0.3, 0.4) is 0 Å². The molecule has 2 atom stereocenters. The van der Waals surface area contributed by atoms with Crippen molar-refractivity contribution in [2.45, 2.75) is 31.2 Å². The summed E-state index contributed by atoms with van der Waals surface area (Å²) in [5.74, 6) is 1.40. The molecular weight excluding hydrogens is 336 g/mol. The molecule has 2 nitrogen and oxygen atoms in total. The largest absolute Gasteiger partial charge is 0.371 e. The second-order valence-electron chi connectivity index (χ2n) is 6.09. The summed E-state index contributed by atoms with van der Waals surface area (Å²) in [5.41, 5.74) is 2.57. The van der Waals surface area contributed by atoms with E-state index in [4.69, 9.17) is 11.6 Å². The third kappa shape index (κ3) is 2.86. The Morgan fingerprint density at radius 1 is 1.30 bits per heavy atom. The van der Waals surface area contributed by atoms with Crippen molar-refractivity contribution in [3.63, 3.8) is 0 Å². The van der Waals surface area contributed by atoms with Gasteiger partial charge in [-0.25, -0.2) is 0 Å². The zero-order chi connectivity index (χ0) is 14.1. The van der Waals surface area contributed by atoms with Gasteiger partial charge in [-0.15, -0.1) is 11.6 Å². The Morgan fingerprint density at radius 2 is 2.15 bits per heavy atom. The number of rotatable bonds is 2. The van der Waals surface area contributed by atoms with Crippen LogP contribution in [-0.4, -0.2) is 37.6 Å². The number of piperidine rings is 2. The maximum atomic E-state index is 6.11. The summed E-state index contributed by atoms with van der Waals surface area (Å²) >= 11 is 9.71. The molecule has 3 rings (SSSR count). The van der Waals surface area contributed by atoms with Gasteiger partial charge in [-0.1, -0.05) is 22.0 Å². The van der Waals surface area contributed by atoms with Crippen molar-refractivity contribution in [2.24, 2.45) is 5.92 Å². The molecule has 2 aliphatic heterocycles. The molecule has 0 amide bonds. The maximum absolute atomic E-state index is 6.11. The van der Waals surface area contributed by atoms with E-state index < -0.39 is 0 Å². The Labute approximate surface area is 135 Å². The molecule has 2 fully saturated rings. The number of likely N-dealkylation sites (tertiary alicyclic amines) is 1. The lowest BCUT2D eigenvalue weighted by Gasteiger charge is -2.47. The van der Waals surface area contributed by atoms with Crippen LogP contribution in [0.4, 0.5) is 5.69 Å². The first kappa shape index (κ1) is 14.7. The number of hydrogen-bond donors (Lipinski definition) is 0. The predicted molar refractivity (Wildman–Crippen MR) is 89.7 cm³/mol. The molecule has 1 aromatic carbocycles. The van der Waals surface area contributed by atoms with Gasteiger partial charge in [-0.05, 0) is 56.5 Å². The summed E-state index contributed by atoms with van der Waals surface area (Å²) in [7, 11) is 2.29. The molecule has 0 saturated carbocycles. The van der Waals surface area contributed by atoms with E-state index in [1.807, 2.05) is 0 Å². The van der Waals surface area contributed by atoms with Gasteiger partial charge in [-0.3, -0.25) is 0 Å². The smallest absolute Gasteiger partial charge is 0.0494 e. The van der Waals surface area contributed by atoms with E-state index in [1.165, 1.54) is 43.6 Å². The zero-order valence-electron chi connectivity index (χ0n) is 12.0. The van der Waals surface area contributed by atoms with Crippen LogP contribution in [0.5, 0.6) is 0 Å². The average Bonchev–Trinajstić information content (AvgIpc) is 2.47. The minimum absolute atomic E-state index is 0.590. The predicted octanol–water partition coefficient (Wildman–Crippen LogP) is 4.11. The minimum Gasteiger partial charge on any atom is -0.371 e. The second kappa shape index (κ2) is 6.25. The number of anilines is 1. The van der Waals surface area contributed by atoms with E-state index in [9.17, 15) is 0 Å². The molecule has 0 radical (unpaired) electrons. The standard InChI is InChI=1S/C16H22BrClN2/c1-19-7-2-3-13-11-20(8-6-15(13)19)16-9-14(17)5-4-12(16)10-18/h4-5,9,13,15H,2-3,6-8,10-11H2,1H3. The summed E-state index contributed by atoms with van der Waals surface area (Å²) < 4.78 is 1.14. The molecule has 4 heteroatoms. The van der Waals surface area contributed by atoms with E-state index in [2.05, 4.69) is 51.0 Å². The normalized spacial score (nSPS) is 27.4. The molecule has 0 bridgehead atoms. The molecule has 2 aliphatic rings. The number of nitrogens with zero attached hydrogens (tertiary/aromatic N) is 2. The summed E-state index contributed by atoms with van der Waals surface area (Å²) in [6.45, 7) is 3.59.